The van der Waals surface area contributed by atoms with Gasteiger partial charge in [-0.05, 0) is 78.9 Å². The Hall–Kier alpha value is -6.90. The Morgan fingerprint density at radius 2 is 1.03 bits per heavy atom. The summed E-state index contributed by atoms with van der Waals surface area (Å²) in [7, 11) is 0. The van der Waals surface area contributed by atoms with Gasteiger partial charge in [-0.2, -0.15) is 26.3 Å². The van der Waals surface area contributed by atoms with E-state index in [2.05, 4.69) is 31.2 Å². The molecule has 62 heavy (non-hydrogen) atoms. The van der Waals surface area contributed by atoms with Crippen molar-refractivity contribution in [3.05, 3.63) is 116 Å². The molecule has 0 unspecified atom stereocenters. The standard InChI is InChI=1S/C21H21F3N4O3.C20H19F3N4O4/c22-21(23,24)14-8-7-13(16(11-14)28-9-2-1-3-10-28)12-25-19(29)26-15-5-4-6-17-18(15)27-20(30)31-17;21-20(22,23)13-5-4-12(15(10-13)27-6-8-30-9-7-27)11-24-18(28)25-14-2-1-3-16-17(14)26-19(29)31-16/h4-8,11H,1-3,9-10,12H2,(H,27,30)(H2,25,26,29);1-5,10H,6-9,11H2,(H,26,29)(H2,24,25,28). The minimum Gasteiger partial charge on any atom is -0.408 e. The number of oxazole rings is 2. The van der Waals surface area contributed by atoms with Crippen molar-refractivity contribution in [3.8, 4) is 0 Å². The number of hydrogen-bond acceptors (Lipinski definition) is 9. The number of piperidine rings is 1. The number of ether oxygens (including phenoxy) is 1. The van der Waals surface area contributed by atoms with Crippen LogP contribution in [0.1, 0.15) is 41.5 Å². The van der Waals surface area contributed by atoms with E-state index in [-0.39, 0.29) is 13.1 Å². The van der Waals surface area contributed by atoms with Gasteiger partial charge in [0.15, 0.2) is 11.2 Å². The Kier molecular flexibility index (Phi) is 12.8. The molecule has 2 fully saturated rings. The second-order valence-corrected chi connectivity index (χ2v) is 14.3. The lowest BCUT2D eigenvalue weighted by Gasteiger charge is -2.31. The van der Waals surface area contributed by atoms with E-state index in [9.17, 15) is 45.5 Å². The number of fused-ring (bicyclic) bond motifs is 2. The van der Waals surface area contributed by atoms with Gasteiger partial charge in [0.05, 0.1) is 35.7 Å². The monoisotopic (exact) mass is 870 g/mol. The summed E-state index contributed by atoms with van der Waals surface area (Å²) in [5, 5.41) is 10.6. The highest BCUT2D eigenvalue weighted by molar-refractivity contribution is 5.99. The summed E-state index contributed by atoms with van der Waals surface area (Å²) < 4.78 is 94.4. The Bertz CT molecular complexity index is 2480. The summed E-state index contributed by atoms with van der Waals surface area (Å²) in [6, 6.07) is 15.5. The summed E-state index contributed by atoms with van der Waals surface area (Å²) in [6.07, 6.45) is -6.03. The molecule has 2 aliphatic rings. The first kappa shape index (κ1) is 43.2. The van der Waals surface area contributed by atoms with Crippen LogP contribution in [0.5, 0.6) is 0 Å². The number of amides is 4. The molecule has 2 aromatic heterocycles. The first-order valence-electron chi connectivity index (χ1n) is 19.4. The second-order valence-electron chi connectivity index (χ2n) is 14.3. The number of aromatic nitrogens is 2. The van der Waals surface area contributed by atoms with E-state index < -0.39 is 47.1 Å². The maximum absolute atomic E-state index is 13.2. The van der Waals surface area contributed by atoms with E-state index in [1.165, 1.54) is 12.1 Å². The molecule has 8 rings (SSSR count). The molecule has 2 saturated heterocycles. The highest BCUT2D eigenvalue weighted by atomic mass is 19.4. The number of carbonyl (C=O) groups excluding carboxylic acids is 2. The minimum atomic E-state index is -4.47. The normalized spacial score (nSPS) is 14.6. The number of halogens is 6. The highest BCUT2D eigenvalue weighted by Crippen LogP contribution is 2.36. The zero-order chi connectivity index (χ0) is 44.0. The van der Waals surface area contributed by atoms with Crippen molar-refractivity contribution in [1.29, 1.82) is 0 Å². The van der Waals surface area contributed by atoms with Crippen LogP contribution < -0.4 is 42.6 Å². The van der Waals surface area contributed by atoms with Crippen LogP contribution in [0.4, 0.5) is 58.7 Å². The Balaban J connectivity index is 0.000000186. The summed E-state index contributed by atoms with van der Waals surface area (Å²) >= 11 is 0. The lowest BCUT2D eigenvalue weighted by atomic mass is 10.0. The van der Waals surface area contributed by atoms with E-state index in [0.717, 1.165) is 43.5 Å². The lowest BCUT2D eigenvalue weighted by molar-refractivity contribution is -0.138. The Morgan fingerprint density at radius 3 is 1.47 bits per heavy atom. The molecule has 6 N–H and O–H groups in total. The Labute approximate surface area is 347 Å². The maximum atomic E-state index is 13.2. The van der Waals surface area contributed by atoms with Crippen molar-refractivity contribution in [2.45, 2.75) is 44.7 Å². The fraction of sp³-hybridized carbons (Fsp3) is 0.317. The number of hydrogen-bond donors (Lipinski definition) is 6. The topological polar surface area (TPSA) is 190 Å². The number of aromatic amines is 2. The van der Waals surface area contributed by atoms with Crippen LogP contribution in [-0.2, 0) is 30.2 Å². The number of morpholine rings is 1. The molecule has 21 heteroatoms. The average molecular weight is 871 g/mol. The molecular weight excluding hydrogens is 830 g/mol. The van der Waals surface area contributed by atoms with Gasteiger partial charge in [-0.25, -0.2) is 19.2 Å². The van der Waals surface area contributed by atoms with Crippen LogP contribution in [-0.4, -0.2) is 61.4 Å². The molecule has 4 aromatic carbocycles. The molecule has 6 aromatic rings. The zero-order valence-corrected chi connectivity index (χ0v) is 32.7. The fourth-order valence-electron chi connectivity index (χ4n) is 7.14. The van der Waals surface area contributed by atoms with Crippen molar-refractivity contribution in [1.82, 2.24) is 20.6 Å². The van der Waals surface area contributed by atoms with E-state index >= 15 is 0 Å². The van der Waals surface area contributed by atoms with Crippen LogP contribution in [0.25, 0.3) is 22.2 Å². The van der Waals surface area contributed by atoms with Gasteiger partial charge in [-0.1, -0.05) is 24.3 Å². The van der Waals surface area contributed by atoms with Gasteiger partial charge in [-0.3, -0.25) is 9.97 Å². The molecule has 328 valence electrons. The summed E-state index contributed by atoms with van der Waals surface area (Å²) in [5.74, 6) is -1.29. The third-order valence-electron chi connectivity index (χ3n) is 10.2. The first-order chi connectivity index (χ1) is 29.6. The van der Waals surface area contributed by atoms with Crippen molar-refractivity contribution in [2.24, 2.45) is 0 Å². The van der Waals surface area contributed by atoms with Gasteiger partial charge in [-0.15, -0.1) is 0 Å². The smallest absolute Gasteiger partial charge is 0.408 e. The van der Waals surface area contributed by atoms with Crippen molar-refractivity contribution >= 4 is 57.0 Å². The number of H-pyrrole nitrogens is 2. The number of anilines is 4. The number of nitrogens with zero attached hydrogens (tertiary/aromatic N) is 2. The SMILES string of the molecule is O=C(NCc1ccc(C(F)(F)F)cc1N1CCCCC1)Nc1cccc2oc(=O)[nH]c12.O=C(NCc1ccc(C(F)(F)F)cc1N1CCOCC1)Nc1cccc2oc(=O)[nH]c12. The lowest BCUT2D eigenvalue weighted by Crippen LogP contribution is -2.37. The molecular formula is C41H40F6N8O7. The average Bonchev–Trinajstić information content (AvgIpc) is 3.84. The van der Waals surface area contributed by atoms with Gasteiger partial charge in [0.1, 0.15) is 11.0 Å². The van der Waals surface area contributed by atoms with Crippen molar-refractivity contribution in [3.63, 3.8) is 0 Å². The molecule has 0 spiro atoms. The molecule has 0 aliphatic carbocycles. The quantitative estimate of drug-likeness (QED) is 0.0831. The summed E-state index contributed by atoms with van der Waals surface area (Å²) in [6.45, 7) is 3.15. The second kappa shape index (κ2) is 18.4. The summed E-state index contributed by atoms with van der Waals surface area (Å²) in [5.41, 5.74) is 2.53. The summed E-state index contributed by atoms with van der Waals surface area (Å²) in [4.78, 5) is 56.3. The van der Waals surface area contributed by atoms with Crippen LogP contribution in [0.2, 0.25) is 0 Å². The third-order valence-corrected chi connectivity index (χ3v) is 10.2. The highest BCUT2D eigenvalue weighted by Gasteiger charge is 2.33. The molecule has 4 heterocycles. The van der Waals surface area contributed by atoms with Crippen LogP contribution in [0.3, 0.4) is 0 Å². The fourth-order valence-corrected chi connectivity index (χ4v) is 7.14. The van der Waals surface area contributed by atoms with Crippen molar-refractivity contribution < 1.29 is 49.5 Å². The first-order valence-corrected chi connectivity index (χ1v) is 19.4. The van der Waals surface area contributed by atoms with Gasteiger partial charge < -0.3 is 44.6 Å². The van der Waals surface area contributed by atoms with E-state index in [1.807, 2.05) is 9.80 Å². The zero-order valence-electron chi connectivity index (χ0n) is 32.7. The number of rotatable bonds is 8. The van der Waals surface area contributed by atoms with Gasteiger partial charge >= 0.3 is 35.9 Å². The Morgan fingerprint density at radius 1 is 0.597 bits per heavy atom. The number of carbonyl (C=O) groups is 2. The number of benzene rings is 4. The van der Waals surface area contributed by atoms with Gasteiger partial charge in [0.25, 0.3) is 0 Å². The number of para-hydroxylation sites is 2. The number of nitrogens with one attached hydrogen (secondary N) is 6. The van der Waals surface area contributed by atoms with Gasteiger partial charge in [0.2, 0.25) is 0 Å². The van der Waals surface area contributed by atoms with E-state index in [1.54, 1.807) is 36.4 Å². The molecule has 15 nitrogen and oxygen atoms in total. The van der Waals surface area contributed by atoms with E-state index in [4.69, 9.17) is 13.6 Å². The molecule has 0 radical (unpaired) electrons. The predicted octanol–water partition coefficient (Wildman–Crippen LogP) is 7.75. The molecule has 0 saturated carbocycles. The van der Waals surface area contributed by atoms with Crippen LogP contribution in [0, 0.1) is 0 Å². The van der Waals surface area contributed by atoms with Crippen LogP contribution in [0.15, 0.2) is 91.2 Å². The van der Waals surface area contributed by atoms with Crippen molar-refractivity contribution in [2.75, 3.05) is 59.8 Å². The van der Waals surface area contributed by atoms with Crippen LogP contribution >= 0.6 is 0 Å². The predicted molar refractivity (Wildman–Crippen MR) is 217 cm³/mol. The molecule has 2 aliphatic heterocycles. The minimum absolute atomic E-state index is 0.00848. The molecule has 0 atom stereocenters. The molecule has 0 bridgehead atoms. The third kappa shape index (κ3) is 10.5. The molecule has 4 amide bonds. The maximum Gasteiger partial charge on any atom is 0.417 e. The largest absolute Gasteiger partial charge is 0.417 e. The number of alkyl halides is 6. The van der Waals surface area contributed by atoms with Gasteiger partial charge in [0, 0.05) is 50.6 Å². The number of urea groups is 2. The van der Waals surface area contributed by atoms with E-state index in [0.29, 0.717) is 95.5 Å².